The van der Waals surface area contributed by atoms with E-state index in [1.165, 1.54) is 28.4 Å². The number of rotatable bonds is 8. The highest BCUT2D eigenvalue weighted by Crippen LogP contribution is 2.42. The summed E-state index contributed by atoms with van der Waals surface area (Å²) in [5, 5.41) is 9.60. The maximum atomic E-state index is 14.0. The van der Waals surface area contributed by atoms with Gasteiger partial charge in [-0.2, -0.15) is 0 Å². The first-order valence-electron chi connectivity index (χ1n) is 11.7. The molecule has 0 radical (unpaired) electrons. The Morgan fingerprint density at radius 1 is 1.09 bits per heavy atom. The van der Waals surface area contributed by atoms with E-state index in [1.807, 2.05) is 31.2 Å². The van der Waals surface area contributed by atoms with Crippen LogP contribution in [0, 0.1) is 5.82 Å². The minimum Gasteiger partial charge on any atom is -0.494 e. The molecule has 1 aliphatic heterocycles. The number of fused-ring (bicyclic) bond motifs is 2. The Bertz CT molecular complexity index is 1450. The predicted octanol–water partition coefficient (Wildman–Crippen LogP) is 5.66. The SMILES string of the molecule is CCCCCOc1ccc(C2c3c(oc4ccc(F)cc4c3=O)C(=O)N2c2nnc(CC)s2)cc1. The zero-order chi connectivity index (χ0) is 24.5. The highest BCUT2D eigenvalue weighted by atomic mass is 32.1. The molecule has 3 heterocycles. The molecule has 0 fully saturated rings. The Morgan fingerprint density at radius 2 is 1.89 bits per heavy atom. The number of halogens is 1. The van der Waals surface area contributed by atoms with Gasteiger partial charge < -0.3 is 9.15 Å². The van der Waals surface area contributed by atoms with Crippen LogP contribution < -0.4 is 15.1 Å². The average molecular weight is 494 g/mol. The normalized spacial score (nSPS) is 15.1. The summed E-state index contributed by atoms with van der Waals surface area (Å²) in [6.07, 6.45) is 3.85. The summed E-state index contributed by atoms with van der Waals surface area (Å²) >= 11 is 1.29. The molecule has 4 aromatic rings. The van der Waals surface area contributed by atoms with Crippen molar-refractivity contribution in [3.8, 4) is 5.75 Å². The fraction of sp³-hybridized carbons (Fsp3) is 0.308. The van der Waals surface area contributed by atoms with Crippen molar-refractivity contribution < 1.29 is 18.3 Å². The van der Waals surface area contributed by atoms with Crippen molar-refractivity contribution in [2.45, 2.75) is 45.6 Å². The van der Waals surface area contributed by atoms with Gasteiger partial charge in [-0.25, -0.2) is 4.39 Å². The monoisotopic (exact) mass is 493 g/mol. The number of hydrogen-bond acceptors (Lipinski definition) is 7. The van der Waals surface area contributed by atoms with Gasteiger partial charge in [-0.05, 0) is 48.7 Å². The van der Waals surface area contributed by atoms with Crippen LogP contribution in [0.15, 0.2) is 51.7 Å². The average Bonchev–Trinajstić information content (AvgIpc) is 3.45. The van der Waals surface area contributed by atoms with E-state index in [2.05, 4.69) is 17.1 Å². The van der Waals surface area contributed by atoms with Crippen molar-refractivity contribution in [3.05, 3.63) is 80.4 Å². The highest BCUT2D eigenvalue weighted by molar-refractivity contribution is 7.15. The summed E-state index contributed by atoms with van der Waals surface area (Å²) < 4.78 is 25.6. The first-order valence-corrected chi connectivity index (χ1v) is 12.5. The lowest BCUT2D eigenvalue weighted by molar-refractivity contribution is 0.0970. The van der Waals surface area contributed by atoms with Crippen LogP contribution in [0.5, 0.6) is 5.75 Å². The number of hydrogen-bond donors (Lipinski definition) is 0. The summed E-state index contributed by atoms with van der Waals surface area (Å²) in [5.41, 5.74) is 0.570. The van der Waals surface area contributed by atoms with Gasteiger partial charge in [-0.3, -0.25) is 14.5 Å². The Labute approximate surface area is 205 Å². The molecule has 1 aliphatic rings. The number of carbonyl (C=O) groups excluding carboxylic acids is 1. The van der Waals surface area contributed by atoms with E-state index >= 15 is 0 Å². The fourth-order valence-corrected chi connectivity index (χ4v) is 5.04. The molecule has 1 amide bonds. The number of aryl methyl sites for hydroxylation is 1. The molecule has 1 atom stereocenters. The van der Waals surface area contributed by atoms with Gasteiger partial charge in [0.1, 0.15) is 22.2 Å². The maximum absolute atomic E-state index is 14.0. The Balaban J connectivity index is 1.61. The molecule has 0 N–H and O–H groups in total. The molecule has 5 rings (SSSR count). The quantitative estimate of drug-likeness (QED) is 0.294. The highest BCUT2D eigenvalue weighted by Gasteiger charge is 2.45. The summed E-state index contributed by atoms with van der Waals surface area (Å²) in [6.45, 7) is 4.71. The first-order chi connectivity index (χ1) is 17.0. The molecule has 0 saturated heterocycles. The molecular weight excluding hydrogens is 469 g/mol. The van der Waals surface area contributed by atoms with Crippen molar-refractivity contribution >= 4 is 33.3 Å². The number of anilines is 1. The predicted molar refractivity (Wildman–Crippen MR) is 132 cm³/mol. The van der Waals surface area contributed by atoms with E-state index in [1.54, 1.807) is 0 Å². The standard InChI is InChI=1S/C26H24FN3O4S/c1-3-5-6-13-33-17-10-7-15(8-11-17)22-21-23(31)18-14-16(27)9-12-19(18)34-24(21)25(32)30(22)26-29-28-20(4-2)35-26/h7-12,14,22H,3-6,13H2,1-2H3. The van der Waals surface area contributed by atoms with Crippen molar-refractivity contribution in [3.63, 3.8) is 0 Å². The number of aromatic nitrogens is 2. The topological polar surface area (TPSA) is 85.5 Å². The van der Waals surface area contributed by atoms with Gasteiger partial charge in [0.25, 0.3) is 5.91 Å². The molecule has 7 nitrogen and oxygen atoms in total. The largest absolute Gasteiger partial charge is 0.494 e. The Morgan fingerprint density at radius 3 is 2.60 bits per heavy atom. The van der Waals surface area contributed by atoms with E-state index in [-0.39, 0.29) is 22.3 Å². The molecule has 0 bridgehead atoms. The van der Waals surface area contributed by atoms with Gasteiger partial charge in [-0.15, -0.1) is 10.2 Å². The van der Waals surface area contributed by atoms with Crippen LogP contribution >= 0.6 is 11.3 Å². The third-order valence-electron chi connectivity index (χ3n) is 6.01. The van der Waals surface area contributed by atoms with Gasteiger partial charge >= 0.3 is 0 Å². The van der Waals surface area contributed by atoms with E-state index in [0.717, 1.165) is 30.3 Å². The number of carbonyl (C=O) groups is 1. The zero-order valence-electron chi connectivity index (χ0n) is 19.4. The van der Waals surface area contributed by atoms with E-state index in [9.17, 15) is 14.0 Å². The summed E-state index contributed by atoms with van der Waals surface area (Å²) in [4.78, 5) is 28.5. The van der Waals surface area contributed by atoms with Crippen LogP contribution in [-0.4, -0.2) is 22.7 Å². The smallest absolute Gasteiger partial charge is 0.297 e. The molecule has 0 saturated carbocycles. The van der Waals surface area contributed by atoms with Crippen LogP contribution in [0.3, 0.4) is 0 Å². The molecule has 2 aromatic heterocycles. The van der Waals surface area contributed by atoms with Gasteiger partial charge in [0.2, 0.25) is 10.9 Å². The maximum Gasteiger partial charge on any atom is 0.297 e. The minimum atomic E-state index is -0.784. The fourth-order valence-electron chi connectivity index (χ4n) is 4.23. The third kappa shape index (κ3) is 4.20. The van der Waals surface area contributed by atoms with Crippen LogP contribution in [0.1, 0.15) is 65.8 Å². The number of benzene rings is 2. The second-order valence-electron chi connectivity index (χ2n) is 8.35. The van der Waals surface area contributed by atoms with Crippen LogP contribution in [0.4, 0.5) is 9.52 Å². The minimum absolute atomic E-state index is 0.0627. The van der Waals surface area contributed by atoms with Crippen molar-refractivity contribution in [2.75, 3.05) is 11.5 Å². The Kier molecular flexibility index (Phi) is 6.34. The summed E-state index contributed by atoms with van der Waals surface area (Å²) in [7, 11) is 0. The van der Waals surface area contributed by atoms with Gasteiger partial charge in [0.15, 0.2) is 5.43 Å². The van der Waals surface area contributed by atoms with Crippen LogP contribution in [-0.2, 0) is 6.42 Å². The number of unbranched alkanes of at least 4 members (excludes halogenated alkanes) is 2. The molecule has 0 aliphatic carbocycles. The molecule has 1 unspecified atom stereocenters. The lowest BCUT2D eigenvalue weighted by atomic mass is 9.98. The molecule has 0 spiro atoms. The van der Waals surface area contributed by atoms with Gasteiger partial charge in [-0.1, -0.05) is 50.2 Å². The molecule has 9 heteroatoms. The Hall–Kier alpha value is -3.59. The molecule has 35 heavy (non-hydrogen) atoms. The first kappa shape index (κ1) is 23.2. The van der Waals surface area contributed by atoms with E-state index in [4.69, 9.17) is 9.15 Å². The second kappa shape index (κ2) is 9.58. The molecule has 2 aromatic carbocycles. The van der Waals surface area contributed by atoms with Crippen molar-refractivity contribution in [2.24, 2.45) is 0 Å². The van der Waals surface area contributed by atoms with E-state index in [0.29, 0.717) is 29.5 Å². The molecule has 180 valence electrons. The van der Waals surface area contributed by atoms with E-state index < -0.39 is 23.2 Å². The third-order valence-corrected chi connectivity index (χ3v) is 7.08. The number of amides is 1. The number of ether oxygens (including phenoxy) is 1. The van der Waals surface area contributed by atoms with Crippen LogP contribution in [0.2, 0.25) is 0 Å². The lowest BCUT2D eigenvalue weighted by Gasteiger charge is -2.22. The molecular formula is C26H24FN3O4S. The summed E-state index contributed by atoms with van der Waals surface area (Å²) in [5.74, 6) is -0.388. The second-order valence-corrected chi connectivity index (χ2v) is 9.39. The number of nitrogens with zero attached hydrogens (tertiary/aromatic N) is 3. The van der Waals surface area contributed by atoms with Crippen LogP contribution in [0.25, 0.3) is 11.0 Å². The summed E-state index contributed by atoms with van der Waals surface area (Å²) in [6, 6.07) is 10.2. The van der Waals surface area contributed by atoms with Gasteiger partial charge in [0, 0.05) is 0 Å². The van der Waals surface area contributed by atoms with Gasteiger partial charge in [0.05, 0.1) is 23.6 Å². The van der Waals surface area contributed by atoms with Crippen molar-refractivity contribution in [1.29, 1.82) is 0 Å². The van der Waals surface area contributed by atoms with Crippen molar-refractivity contribution in [1.82, 2.24) is 10.2 Å². The lowest BCUT2D eigenvalue weighted by Crippen LogP contribution is -2.29. The zero-order valence-corrected chi connectivity index (χ0v) is 20.2.